The van der Waals surface area contributed by atoms with E-state index in [0.29, 0.717) is 5.92 Å². The quantitative estimate of drug-likeness (QED) is 0.448. The summed E-state index contributed by atoms with van der Waals surface area (Å²) >= 11 is 0. The van der Waals surface area contributed by atoms with Gasteiger partial charge in [-0.05, 0) is 44.6 Å². The molecule has 0 aliphatic heterocycles. The summed E-state index contributed by atoms with van der Waals surface area (Å²) in [6.07, 6.45) is 10.9. The van der Waals surface area contributed by atoms with Crippen molar-refractivity contribution in [2.45, 2.75) is 66.7 Å². The second-order valence-corrected chi connectivity index (χ2v) is 5.11. The van der Waals surface area contributed by atoms with Gasteiger partial charge in [-0.3, -0.25) is 0 Å². The molecule has 0 aromatic heterocycles. The minimum atomic E-state index is 0.711. The van der Waals surface area contributed by atoms with Crippen LogP contribution in [0.2, 0.25) is 0 Å². The highest BCUT2D eigenvalue weighted by Gasteiger charge is 2.10. The Bertz CT molecular complexity index is 272. The van der Waals surface area contributed by atoms with E-state index in [9.17, 15) is 0 Å². The standard InChI is InChI=1S/C17H30/c1-7-10-16(11-8-2)17(12-14(4)5)13-15(6)9-3/h12-13,16H,4,7-11H2,1-3,5-6H3/b15-13+,17-12+. The monoisotopic (exact) mass is 234 g/mol. The molecule has 0 rings (SSSR count). The molecule has 0 spiro atoms. The third-order valence-corrected chi connectivity index (χ3v) is 3.13. The largest absolute Gasteiger partial charge is 0.0961 e. The van der Waals surface area contributed by atoms with Crippen LogP contribution in [0.25, 0.3) is 0 Å². The number of hydrogen-bond donors (Lipinski definition) is 0. The molecule has 0 aliphatic carbocycles. The average Bonchev–Trinajstić information content (AvgIpc) is 2.27. The molecule has 17 heavy (non-hydrogen) atoms. The summed E-state index contributed by atoms with van der Waals surface area (Å²) in [7, 11) is 0. The van der Waals surface area contributed by atoms with E-state index in [1.165, 1.54) is 36.8 Å². The van der Waals surface area contributed by atoms with Crippen LogP contribution in [0.15, 0.2) is 35.5 Å². The molecule has 0 bridgehead atoms. The molecule has 0 N–H and O–H groups in total. The minimum Gasteiger partial charge on any atom is -0.0961 e. The van der Waals surface area contributed by atoms with Gasteiger partial charge in [-0.2, -0.15) is 0 Å². The summed E-state index contributed by atoms with van der Waals surface area (Å²) in [5.41, 5.74) is 4.12. The Morgan fingerprint density at radius 1 is 1.00 bits per heavy atom. The molecular formula is C17H30. The Labute approximate surface area is 109 Å². The van der Waals surface area contributed by atoms with Crippen LogP contribution in [-0.2, 0) is 0 Å². The van der Waals surface area contributed by atoms with Crippen molar-refractivity contribution in [2.24, 2.45) is 5.92 Å². The molecule has 0 aliphatic rings. The third-order valence-electron chi connectivity index (χ3n) is 3.13. The van der Waals surface area contributed by atoms with Crippen LogP contribution in [0.5, 0.6) is 0 Å². The van der Waals surface area contributed by atoms with Crippen molar-refractivity contribution in [3.05, 3.63) is 35.5 Å². The fourth-order valence-corrected chi connectivity index (χ4v) is 2.12. The Morgan fingerprint density at radius 2 is 1.53 bits per heavy atom. The lowest BCUT2D eigenvalue weighted by molar-refractivity contribution is 0.511. The van der Waals surface area contributed by atoms with E-state index in [1.807, 2.05) is 0 Å². The van der Waals surface area contributed by atoms with Gasteiger partial charge in [0.2, 0.25) is 0 Å². The van der Waals surface area contributed by atoms with E-state index < -0.39 is 0 Å². The topological polar surface area (TPSA) is 0 Å². The van der Waals surface area contributed by atoms with Crippen LogP contribution in [0.1, 0.15) is 66.7 Å². The van der Waals surface area contributed by atoms with E-state index in [1.54, 1.807) is 0 Å². The lowest BCUT2D eigenvalue weighted by Gasteiger charge is -2.18. The molecular weight excluding hydrogens is 204 g/mol. The molecule has 0 atom stereocenters. The Morgan fingerprint density at radius 3 is 1.88 bits per heavy atom. The molecule has 0 amide bonds. The van der Waals surface area contributed by atoms with Crippen molar-refractivity contribution in [1.82, 2.24) is 0 Å². The van der Waals surface area contributed by atoms with E-state index in [4.69, 9.17) is 0 Å². The smallest absolute Gasteiger partial charge is 0.0162 e. The second kappa shape index (κ2) is 9.27. The maximum Gasteiger partial charge on any atom is -0.0162 e. The molecule has 0 radical (unpaired) electrons. The van der Waals surface area contributed by atoms with Crippen molar-refractivity contribution < 1.29 is 0 Å². The SMILES string of the molecule is C=C(C)/C=C(\C=C(/C)CC)C(CCC)CCC. The third kappa shape index (κ3) is 7.20. The normalized spacial score (nSPS) is 13.3. The van der Waals surface area contributed by atoms with Crippen molar-refractivity contribution >= 4 is 0 Å². The molecule has 0 heteroatoms. The summed E-state index contributed by atoms with van der Waals surface area (Å²) in [5.74, 6) is 0.711. The Kier molecular flexibility index (Phi) is 8.85. The molecule has 0 heterocycles. The molecule has 0 aromatic rings. The van der Waals surface area contributed by atoms with Gasteiger partial charge in [-0.25, -0.2) is 0 Å². The van der Waals surface area contributed by atoms with Crippen LogP contribution in [0, 0.1) is 5.92 Å². The zero-order valence-electron chi connectivity index (χ0n) is 12.5. The maximum absolute atomic E-state index is 4.03. The van der Waals surface area contributed by atoms with Crippen LogP contribution >= 0.6 is 0 Å². The Hall–Kier alpha value is -0.780. The molecule has 0 saturated carbocycles. The van der Waals surface area contributed by atoms with Gasteiger partial charge in [0.15, 0.2) is 0 Å². The predicted molar refractivity (Wildman–Crippen MR) is 80.3 cm³/mol. The fraction of sp³-hybridized carbons (Fsp3) is 0.647. The first-order chi connectivity index (χ1) is 8.04. The van der Waals surface area contributed by atoms with E-state index in [-0.39, 0.29) is 0 Å². The van der Waals surface area contributed by atoms with Gasteiger partial charge in [0, 0.05) is 0 Å². The molecule has 0 saturated heterocycles. The van der Waals surface area contributed by atoms with E-state index in [0.717, 1.165) is 12.0 Å². The van der Waals surface area contributed by atoms with Crippen LogP contribution < -0.4 is 0 Å². The summed E-state index contributed by atoms with van der Waals surface area (Å²) < 4.78 is 0. The zero-order valence-corrected chi connectivity index (χ0v) is 12.5. The summed E-state index contributed by atoms with van der Waals surface area (Å²) in [6.45, 7) is 15.1. The van der Waals surface area contributed by atoms with E-state index >= 15 is 0 Å². The molecule has 0 fully saturated rings. The average molecular weight is 234 g/mol. The highest BCUT2D eigenvalue weighted by molar-refractivity contribution is 5.31. The van der Waals surface area contributed by atoms with Crippen LogP contribution in [-0.4, -0.2) is 0 Å². The lowest BCUT2D eigenvalue weighted by Crippen LogP contribution is -2.03. The van der Waals surface area contributed by atoms with Crippen molar-refractivity contribution in [1.29, 1.82) is 0 Å². The summed E-state index contributed by atoms with van der Waals surface area (Å²) in [4.78, 5) is 0. The van der Waals surface area contributed by atoms with Crippen LogP contribution in [0.3, 0.4) is 0 Å². The first-order valence-corrected chi connectivity index (χ1v) is 7.09. The van der Waals surface area contributed by atoms with Gasteiger partial charge in [0.1, 0.15) is 0 Å². The van der Waals surface area contributed by atoms with Gasteiger partial charge in [0.25, 0.3) is 0 Å². The molecule has 0 unspecified atom stereocenters. The van der Waals surface area contributed by atoms with Crippen molar-refractivity contribution in [3.63, 3.8) is 0 Å². The molecule has 0 aromatic carbocycles. The number of hydrogen-bond acceptors (Lipinski definition) is 0. The second-order valence-electron chi connectivity index (χ2n) is 5.11. The highest BCUT2D eigenvalue weighted by Crippen LogP contribution is 2.26. The number of rotatable bonds is 8. The van der Waals surface area contributed by atoms with Gasteiger partial charge in [-0.15, -0.1) is 0 Å². The lowest BCUT2D eigenvalue weighted by atomic mass is 9.87. The van der Waals surface area contributed by atoms with Crippen LogP contribution in [0.4, 0.5) is 0 Å². The number of allylic oxidation sites excluding steroid dienone is 5. The predicted octanol–water partition coefficient (Wildman–Crippen LogP) is 6.06. The fourth-order valence-electron chi connectivity index (χ4n) is 2.12. The van der Waals surface area contributed by atoms with Gasteiger partial charge >= 0.3 is 0 Å². The van der Waals surface area contributed by atoms with Gasteiger partial charge < -0.3 is 0 Å². The van der Waals surface area contributed by atoms with Crippen molar-refractivity contribution in [2.75, 3.05) is 0 Å². The van der Waals surface area contributed by atoms with Gasteiger partial charge in [-0.1, -0.05) is 63.5 Å². The minimum absolute atomic E-state index is 0.711. The first kappa shape index (κ1) is 16.2. The van der Waals surface area contributed by atoms with Crippen molar-refractivity contribution in [3.8, 4) is 0 Å². The summed E-state index contributed by atoms with van der Waals surface area (Å²) in [5, 5.41) is 0. The highest BCUT2D eigenvalue weighted by atomic mass is 14.2. The van der Waals surface area contributed by atoms with E-state index in [2.05, 4.69) is 53.3 Å². The summed E-state index contributed by atoms with van der Waals surface area (Å²) in [6, 6.07) is 0. The molecule has 0 nitrogen and oxygen atoms in total. The zero-order chi connectivity index (χ0) is 13.3. The Balaban J connectivity index is 5.05. The first-order valence-electron chi connectivity index (χ1n) is 7.09. The molecule has 98 valence electrons. The maximum atomic E-state index is 4.03. The van der Waals surface area contributed by atoms with Gasteiger partial charge in [0.05, 0.1) is 0 Å².